The number of hydrogen-bond donors (Lipinski definition) is 1. The highest BCUT2D eigenvalue weighted by atomic mass is 16.6. The number of pyridine rings is 1. The van der Waals surface area contributed by atoms with Gasteiger partial charge in [-0.15, -0.1) is 0 Å². The Kier molecular flexibility index (Phi) is 2.51. The molecule has 1 aromatic heterocycles. The number of nitrogens with zero attached hydrogens (tertiary/aromatic N) is 3. The topological polar surface area (TPSA) is 79.5 Å². The molecule has 1 aliphatic rings. The Morgan fingerprint density at radius 2 is 2.33 bits per heavy atom. The smallest absolute Gasteiger partial charge is 0.287 e. The van der Waals surface area contributed by atoms with E-state index in [1.54, 1.807) is 6.07 Å². The molecule has 6 heteroatoms. The maximum absolute atomic E-state index is 10.4. The molecular formula is C9H11N3O3. The lowest BCUT2D eigenvalue weighted by Crippen LogP contribution is -2.48. The van der Waals surface area contributed by atoms with Gasteiger partial charge in [-0.05, 0) is 6.07 Å². The van der Waals surface area contributed by atoms with Gasteiger partial charge in [0, 0.05) is 31.7 Å². The Balaban J connectivity index is 2.02. The third kappa shape index (κ3) is 1.89. The third-order valence-corrected chi connectivity index (χ3v) is 2.48. The molecule has 80 valence electrons. The monoisotopic (exact) mass is 209 g/mol. The molecule has 1 saturated heterocycles. The molecule has 1 N–H and O–H groups in total. The Morgan fingerprint density at radius 1 is 1.60 bits per heavy atom. The summed E-state index contributed by atoms with van der Waals surface area (Å²) >= 11 is 0. The predicted molar refractivity (Wildman–Crippen MR) is 53.7 cm³/mol. The van der Waals surface area contributed by atoms with E-state index in [9.17, 15) is 10.1 Å². The van der Waals surface area contributed by atoms with Crippen molar-refractivity contribution in [2.75, 3.05) is 24.6 Å². The summed E-state index contributed by atoms with van der Waals surface area (Å²) in [5.41, 5.74) is -0.00187. The van der Waals surface area contributed by atoms with Crippen LogP contribution in [-0.4, -0.2) is 34.7 Å². The van der Waals surface area contributed by atoms with Gasteiger partial charge in [-0.1, -0.05) is 0 Å². The summed E-state index contributed by atoms with van der Waals surface area (Å²) in [5, 5.41) is 19.2. The zero-order chi connectivity index (χ0) is 10.8. The van der Waals surface area contributed by atoms with Crippen LogP contribution in [0.3, 0.4) is 0 Å². The molecular weight excluding hydrogens is 198 g/mol. The summed E-state index contributed by atoms with van der Waals surface area (Å²) < 4.78 is 0. The first-order valence-corrected chi connectivity index (χ1v) is 4.67. The lowest BCUT2D eigenvalue weighted by Gasteiger charge is -2.39. The molecule has 2 rings (SSSR count). The number of aromatic nitrogens is 1. The Bertz CT molecular complexity index is 359. The molecule has 6 nitrogen and oxygen atoms in total. The Morgan fingerprint density at radius 3 is 2.80 bits per heavy atom. The van der Waals surface area contributed by atoms with E-state index < -0.39 is 4.92 Å². The largest absolute Gasteiger partial charge is 0.396 e. The molecule has 0 radical (unpaired) electrons. The van der Waals surface area contributed by atoms with Crippen molar-refractivity contribution in [3.63, 3.8) is 0 Å². The lowest BCUT2D eigenvalue weighted by molar-refractivity contribution is -0.385. The van der Waals surface area contributed by atoms with Crippen LogP contribution in [0.2, 0.25) is 0 Å². The van der Waals surface area contributed by atoms with E-state index in [-0.39, 0.29) is 12.3 Å². The zero-order valence-electron chi connectivity index (χ0n) is 8.04. The average molecular weight is 209 g/mol. The second kappa shape index (κ2) is 3.82. The van der Waals surface area contributed by atoms with Crippen LogP contribution in [0.1, 0.15) is 0 Å². The van der Waals surface area contributed by atoms with Crippen molar-refractivity contribution in [2.24, 2.45) is 5.92 Å². The van der Waals surface area contributed by atoms with Crippen LogP contribution in [-0.2, 0) is 0 Å². The van der Waals surface area contributed by atoms with Crippen LogP contribution < -0.4 is 4.90 Å². The van der Waals surface area contributed by atoms with Crippen molar-refractivity contribution in [2.45, 2.75) is 0 Å². The molecule has 1 fully saturated rings. The number of hydrogen-bond acceptors (Lipinski definition) is 5. The van der Waals surface area contributed by atoms with Crippen molar-refractivity contribution in [1.82, 2.24) is 4.98 Å². The van der Waals surface area contributed by atoms with Gasteiger partial charge in [-0.3, -0.25) is 10.1 Å². The van der Waals surface area contributed by atoms with Crippen LogP contribution >= 0.6 is 0 Å². The normalized spacial score (nSPS) is 16.2. The number of rotatable bonds is 3. The van der Waals surface area contributed by atoms with Crippen LogP contribution in [0.25, 0.3) is 0 Å². The molecule has 0 aromatic carbocycles. The zero-order valence-corrected chi connectivity index (χ0v) is 8.04. The molecule has 0 atom stereocenters. The van der Waals surface area contributed by atoms with E-state index in [4.69, 9.17) is 5.11 Å². The van der Waals surface area contributed by atoms with Crippen LogP contribution in [0.15, 0.2) is 18.3 Å². The van der Waals surface area contributed by atoms with Crippen LogP contribution in [0.5, 0.6) is 0 Å². The molecule has 0 saturated carbocycles. The summed E-state index contributed by atoms with van der Waals surface area (Å²) in [6.45, 7) is 1.71. The van der Waals surface area contributed by atoms with Gasteiger partial charge >= 0.3 is 0 Å². The highest BCUT2D eigenvalue weighted by molar-refractivity contribution is 5.45. The van der Waals surface area contributed by atoms with Crippen LogP contribution in [0, 0.1) is 16.0 Å². The number of aliphatic hydroxyl groups excluding tert-OH is 1. The van der Waals surface area contributed by atoms with Crippen molar-refractivity contribution in [3.8, 4) is 0 Å². The first kappa shape index (κ1) is 9.85. The quantitative estimate of drug-likeness (QED) is 0.576. The van der Waals surface area contributed by atoms with Gasteiger partial charge in [0.1, 0.15) is 12.0 Å². The second-order valence-electron chi connectivity index (χ2n) is 3.59. The highest BCUT2D eigenvalue weighted by Gasteiger charge is 2.26. The summed E-state index contributed by atoms with van der Waals surface area (Å²) in [6.07, 6.45) is 1.25. The summed E-state index contributed by atoms with van der Waals surface area (Å²) in [4.78, 5) is 15.9. The maximum atomic E-state index is 10.4. The minimum atomic E-state index is -0.469. The molecule has 15 heavy (non-hydrogen) atoms. The fourth-order valence-electron chi connectivity index (χ4n) is 1.55. The predicted octanol–water partition coefficient (Wildman–Crippen LogP) is 0.418. The molecule has 0 amide bonds. The summed E-state index contributed by atoms with van der Waals surface area (Å²) in [7, 11) is 0. The van der Waals surface area contributed by atoms with Gasteiger partial charge < -0.3 is 10.0 Å². The molecule has 1 aromatic rings. The van der Waals surface area contributed by atoms with E-state index >= 15 is 0 Å². The third-order valence-electron chi connectivity index (χ3n) is 2.48. The Labute approximate surface area is 86.3 Å². The minimum absolute atomic E-state index is 0.00187. The van der Waals surface area contributed by atoms with Gasteiger partial charge in [0.05, 0.1) is 4.92 Å². The van der Waals surface area contributed by atoms with Crippen LogP contribution in [0.4, 0.5) is 11.5 Å². The van der Waals surface area contributed by atoms with Crippen molar-refractivity contribution in [1.29, 1.82) is 0 Å². The van der Waals surface area contributed by atoms with Gasteiger partial charge in [-0.25, -0.2) is 4.98 Å². The van der Waals surface area contributed by atoms with Crippen molar-refractivity contribution in [3.05, 3.63) is 28.4 Å². The van der Waals surface area contributed by atoms with Gasteiger partial charge in [0.15, 0.2) is 0 Å². The van der Waals surface area contributed by atoms with E-state index in [0.29, 0.717) is 5.92 Å². The highest BCUT2D eigenvalue weighted by Crippen LogP contribution is 2.23. The van der Waals surface area contributed by atoms with Gasteiger partial charge in [0.2, 0.25) is 0 Å². The van der Waals surface area contributed by atoms with Crippen molar-refractivity contribution >= 4 is 11.5 Å². The molecule has 0 bridgehead atoms. The fourth-order valence-corrected chi connectivity index (χ4v) is 1.55. The minimum Gasteiger partial charge on any atom is -0.396 e. The second-order valence-corrected chi connectivity index (χ2v) is 3.59. The average Bonchev–Trinajstić information content (AvgIpc) is 2.17. The van der Waals surface area contributed by atoms with E-state index in [1.807, 2.05) is 4.90 Å². The maximum Gasteiger partial charge on any atom is 0.287 e. The molecule has 2 heterocycles. The summed E-state index contributed by atoms with van der Waals surface area (Å²) in [5.74, 6) is 1.03. The Hall–Kier alpha value is -1.69. The number of nitro groups is 1. The molecule has 0 spiro atoms. The SMILES string of the molecule is O=[N+]([O-])c1ccc(N2CC(CO)C2)nc1. The first-order chi connectivity index (χ1) is 7.20. The standard InChI is InChI=1S/C9H11N3O3/c13-6-7-4-11(5-7)9-2-1-8(3-10-9)12(14)15/h1-3,7,13H,4-6H2. The van der Waals surface area contributed by atoms with Gasteiger partial charge in [-0.2, -0.15) is 0 Å². The van der Waals surface area contributed by atoms with Gasteiger partial charge in [0.25, 0.3) is 5.69 Å². The fraction of sp³-hybridized carbons (Fsp3) is 0.444. The molecule has 1 aliphatic heterocycles. The molecule has 0 aliphatic carbocycles. The summed E-state index contributed by atoms with van der Waals surface area (Å²) in [6, 6.07) is 3.07. The number of anilines is 1. The lowest BCUT2D eigenvalue weighted by atomic mass is 10.0. The van der Waals surface area contributed by atoms with E-state index in [2.05, 4.69) is 4.98 Å². The van der Waals surface area contributed by atoms with Crippen molar-refractivity contribution < 1.29 is 10.0 Å². The van der Waals surface area contributed by atoms with E-state index in [1.165, 1.54) is 12.3 Å². The first-order valence-electron chi connectivity index (χ1n) is 4.67. The van der Waals surface area contributed by atoms with E-state index in [0.717, 1.165) is 18.9 Å². The molecule has 0 unspecified atom stereocenters. The number of aliphatic hydroxyl groups is 1.